The Morgan fingerprint density at radius 3 is 2.53 bits per heavy atom. The maximum absolute atomic E-state index is 12.3. The molecule has 0 aromatic carbocycles. The molecule has 0 bridgehead atoms. The molecule has 2 fully saturated rings. The van der Waals surface area contributed by atoms with Crippen molar-refractivity contribution in [2.75, 3.05) is 39.3 Å². The first-order valence-electron chi connectivity index (χ1n) is 11.8. The number of nitrogens with one attached hydrogen (secondary N) is 3. The molecule has 1 amide bonds. The van der Waals surface area contributed by atoms with Gasteiger partial charge in [0, 0.05) is 25.6 Å². The normalized spacial score (nSPS) is 20.0. The first kappa shape index (κ1) is 22.7. The Morgan fingerprint density at radius 2 is 1.83 bits per heavy atom. The number of piperidine rings is 1. The van der Waals surface area contributed by atoms with E-state index in [9.17, 15) is 4.79 Å². The highest BCUT2D eigenvalue weighted by molar-refractivity contribution is 5.80. The number of carbonyl (C=O) groups is 1. The molecule has 1 unspecified atom stereocenters. The Morgan fingerprint density at radius 1 is 1.10 bits per heavy atom. The van der Waals surface area contributed by atoms with Gasteiger partial charge in [0.15, 0.2) is 5.96 Å². The van der Waals surface area contributed by atoms with Gasteiger partial charge in [-0.05, 0) is 57.8 Å². The van der Waals surface area contributed by atoms with E-state index in [2.05, 4.69) is 33.8 Å². The third-order valence-corrected chi connectivity index (χ3v) is 6.16. The maximum Gasteiger partial charge on any atom is 0.223 e. The summed E-state index contributed by atoms with van der Waals surface area (Å²) in [6.45, 7) is 6.99. The van der Waals surface area contributed by atoms with Gasteiger partial charge in [-0.15, -0.1) is 0 Å². The van der Waals surface area contributed by atoms with Gasteiger partial charge in [0.1, 0.15) is 5.76 Å². The second-order valence-corrected chi connectivity index (χ2v) is 8.40. The Bertz CT molecular complexity index is 634. The van der Waals surface area contributed by atoms with Crippen LogP contribution in [0.2, 0.25) is 0 Å². The molecule has 168 valence electrons. The largest absolute Gasteiger partial charge is 0.468 e. The number of nitrogens with zero attached hydrogens (tertiary/aromatic N) is 2. The van der Waals surface area contributed by atoms with Crippen LogP contribution in [0.4, 0.5) is 0 Å². The SMILES string of the molecule is CCNC(=NCC(c1ccco1)N1CCCCC1)NCCNC(=O)C1CCCCC1. The van der Waals surface area contributed by atoms with E-state index < -0.39 is 0 Å². The van der Waals surface area contributed by atoms with Crippen LogP contribution >= 0.6 is 0 Å². The van der Waals surface area contributed by atoms with Crippen molar-refractivity contribution in [1.29, 1.82) is 0 Å². The van der Waals surface area contributed by atoms with Crippen molar-refractivity contribution < 1.29 is 9.21 Å². The highest BCUT2D eigenvalue weighted by atomic mass is 16.3. The number of carbonyl (C=O) groups excluding carboxylic acids is 1. The standard InChI is InChI=1S/C23H39N5O2/c1-2-24-23(26-14-13-25-22(29)19-10-5-3-6-11-19)27-18-20(21-12-9-17-30-21)28-15-7-4-8-16-28/h9,12,17,19-20H,2-8,10-11,13-16,18H2,1H3,(H,25,29)(H2,24,26,27). The zero-order chi connectivity index (χ0) is 21.0. The predicted molar refractivity (Wildman–Crippen MR) is 120 cm³/mol. The Labute approximate surface area is 181 Å². The van der Waals surface area contributed by atoms with Crippen molar-refractivity contribution in [3.8, 4) is 0 Å². The van der Waals surface area contributed by atoms with Crippen molar-refractivity contribution in [3.63, 3.8) is 0 Å². The lowest BCUT2D eigenvalue weighted by Crippen LogP contribution is -2.43. The second-order valence-electron chi connectivity index (χ2n) is 8.40. The molecule has 1 aliphatic heterocycles. The van der Waals surface area contributed by atoms with Crippen LogP contribution in [-0.2, 0) is 4.79 Å². The molecule has 7 nitrogen and oxygen atoms in total. The fraction of sp³-hybridized carbons (Fsp3) is 0.739. The summed E-state index contributed by atoms with van der Waals surface area (Å²) in [5.74, 6) is 2.19. The van der Waals surface area contributed by atoms with E-state index in [0.717, 1.165) is 44.2 Å². The molecule has 2 aliphatic rings. The van der Waals surface area contributed by atoms with Gasteiger partial charge >= 0.3 is 0 Å². The van der Waals surface area contributed by atoms with Gasteiger partial charge in [-0.25, -0.2) is 0 Å². The lowest BCUT2D eigenvalue weighted by atomic mass is 9.89. The number of rotatable bonds is 9. The predicted octanol–water partition coefficient (Wildman–Crippen LogP) is 3.06. The number of hydrogen-bond donors (Lipinski definition) is 3. The zero-order valence-corrected chi connectivity index (χ0v) is 18.5. The molecule has 1 saturated heterocycles. The minimum absolute atomic E-state index is 0.168. The first-order chi connectivity index (χ1) is 14.8. The molecule has 0 spiro atoms. The lowest BCUT2D eigenvalue weighted by molar-refractivity contribution is -0.125. The smallest absolute Gasteiger partial charge is 0.223 e. The van der Waals surface area contributed by atoms with Crippen LogP contribution in [0.15, 0.2) is 27.8 Å². The Kier molecular flexibility index (Phi) is 9.54. The summed E-state index contributed by atoms with van der Waals surface area (Å²) in [5.41, 5.74) is 0. The highest BCUT2D eigenvalue weighted by Crippen LogP contribution is 2.25. The van der Waals surface area contributed by atoms with Crippen molar-refractivity contribution in [1.82, 2.24) is 20.9 Å². The van der Waals surface area contributed by atoms with Crippen LogP contribution < -0.4 is 16.0 Å². The van der Waals surface area contributed by atoms with Gasteiger partial charge in [-0.2, -0.15) is 0 Å². The summed E-state index contributed by atoms with van der Waals surface area (Å²) in [7, 11) is 0. The molecular weight excluding hydrogens is 378 g/mol. The summed E-state index contributed by atoms with van der Waals surface area (Å²) >= 11 is 0. The average molecular weight is 418 g/mol. The molecule has 1 aromatic rings. The monoisotopic (exact) mass is 417 g/mol. The first-order valence-corrected chi connectivity index (χ1v) is 11.8. The van der Waals surface area contributed by atoms with Crippen molar-refractivity contribution in [2.45, 2.75) is 64.3 Å². The lowest BCUT2D eigenvalue weighted by Gasteiger charge is -2.32. The van der Waals surface area contributed by atoms with Gasteiger partial charge in [-0.1, -0.05) is 25.7 Å². The van der Waals surface area contributed by atoms with Gasteiger partial charge in [0.25, 0.3) is 0 Å². The van der Waals surface area contributed by atoms with Gasteiger partial charge < -0.3 is 20.4 Å². The number of hydrogen-bond acceptors (Lipinski definition) is 4. The third-order valence-electron chi connectivity index (χ3n) is 6.16. The summed E-state index contributed by atoms with van der Waals surface area (Å²) in [6, 6.07) is 4.17. The number of furan rings is 1. The van der Waals surface area contributed by atoms with Gasteiger partial charge in [-0.3, -0.25) is 14.7 Å². The average Bonchev–Trinajstić information content (AvgIpc) is 3.32. The third kappa shape index (κ3) is 7.04. The maximum atomic E-state index is 12.3. The molecule has 1 aliphatic carbocycles. The van der Waals surface area contributed by atoms with E-state index in [0.29, 0.717) is 19.6 Å². The summed E-state index contributed by atoms with van der Waals surface area (Å²) < 4.78 is 5.72. The fourth-order valence-electron chi connectivity index (χ4n) is 4.49. The van der Waals surface area contributed by atoms with Crippen LogP contribution in [0.3, 0.4) is 0 Å². The number of likely N-dealkylation sites (tertiary alicyclic amines) is 1. The molecule has 3 rings (SSSR count). The topological polar surface area (TPSA) is 81.9 Å². The van der Waals surface area contributed by atoms with Gasteiger partial charge in [0.2, 0.25) is 5.91 Å². The molecular formula is C23H39N5O2. The molecule has 30 heavy (non-hydrogen) atoms. The summed E-state index contributed by atoms with van der Waals surface area (Å²) in [6.07, 6.45) is 11.2. The van der Waals surface area contributed by atoms with Crippen LogP contribution in [-0.4, -0.2) is 56.0 Å². The van der Waals surface area contributed by atoms with E-state index in [-0.39, 0.29) is 17.9 Å². The van der Waals surface area contributed by atoms with Crippen molar-refractivity contribution >= 4 is 11.9 Å². The van der Waals surface area contributed by atoms with Crippen LogP contribution in [0.1, 0.15) is 70.1 Å². The van der Waals surface area contributed by atoms with E-state index in [4.69, 9.17) is 9.41 Å². The molecule has 1 saturated carbocycles. The minimum atomic E-state index is 0.168. The molecule has 3 N–H and O–H groups in total. The van der Waals surface area contributed by atoms with Crippen molar-refractivity contribution in [3.05, 3.63) is 24.2 Å². The van der Waals surface area contributed by atoms with E-state index >= 15 is 0 Å². The highest BCUT2D eigenvalue weighted by Gasteiger charge is 2.24. The van der Waals surface area contributed by atoms with E-state index in [1.807, 2.05) is 6.07 Å². The minimum Gasteiger partial charge on any atom is -0.468 e. The summed E-state index contributed by atoms with van der Waals surface area (Å²) in [4.78, 5) is 19.6. The Balaban J connectivity index is 1.48. The fourth-order valence-corrected chi connectivity index (χ4v) is 4.49. The van der Waals surface area contributed by atoms with Crippen LogP contribution in [0, 0.1) is 5.92 Å². The number of amides is 1. The van der Waals surface area contributed by atoms with Crippen molar-refractivity contribution in [2.24, 2.45) is 10.9 Å². The number of aliphatic imine (C=N–C) groups is 1. The van der Waals surface area contributed by atoms with E-state index in [1.54, 1.807) is 6.26 Å². The molecule has 0 radical (unpaired) electrons. The van der Waals surface area contributed by atoms with Crippen LogP contribution in [0.5, 0.6) is 0 Å². The number of guanidine groups is 1. The Hall–Kier alpha value is -2.02. The quantitative estimate of drug-likeness (QED) is 0.327. The van der Waals surface area contributed by atoms with Gasteiger partial charge in [0.05, 0.1) is 18.8 Å². The van der Waals surface area contributed by atoms with Crippen LogP contribution in [0.25, 0.3) is 0 Å². The zero-order valence-electron chi connectivity index (χ0n) is 18.5. The summed E-state index contributed by atoms with van der Waals surface area (Å²) in [5, 5.41) is 9.75. The molecule has 1 aromatic heterocycles. The molecule has 2 heterocycles. The van der Waals surface area contributed by atoms with E-state index in [1.165, 1.54) is 38.5 Å². The molecule has 1 atom stereocenters. The molecule has 7 heteroatoms. The second kappa shape index (κ2) is 12.6.